The molecule has 0 fully saturated rings. The van der Waals surface area contributed by atoms with Crippen molar-refractivity contribution in [3.8, 4) is 0 Å². The number of guanidine groups is 1. The molecule has 0 saturated heterocycles. The molecule has 1 unspecified atom stereocenters. The minimum Gasteiger partial charge on any atom is -0.411 e. The first-order valence-electron chi connectivity index (χ1n) is 5.38. The van der Waals surface area contributed by atoms with Crippen LogP contribution in [0.2, 0.25) is 10.0 Å². The van der Waals surface area contributed by atoms with Crippen molar-refractivity contribution in [2.75, 3.05) is 13.1 Å². The topological polar surface area (TPSA) is 69.0 Å². The zero-order chi connectivity index (χ0) is 13.0. The summed E-state index contributed by atoms with van der Waals surface area (Å²) >= 11 is 12.2. The molecule has 18 heavy (non-hydrogen) atoms. The van der Waals surface area contributed by atoms with Gasteiger partial charge in [0, 0.05) is 22.2 Å². The van der Waals surface area contributed by atoms with Gasteiger partial charge < -0.3 is 15.8 Å². The van der Waals surface area contributed by atoms with Crippen LogP contribution in [0.1, 0.15) is 11.6 Å². The number of benzene rings is 1. The molecular weight excluding hydrogens is 275 g/mol. The van der Waals surface area contributed by atoms with Gasteiger partial charge in [0.1, 0.15) is 0 Å². The molecule has 3 N–H and O–H groups in total. The van der Waals surface area contributed by atoms with Crippen LogP contribution in [0.3, 0.4) is 0 Å². The first kappa shape index (κ1) is 13.0. The van der Waals surface area contributed by atoms with E-state index in [1.807, 2.05) is 0 Å². The molecule has 7 heteroatoms. The zero-order valence-electron chi connectivity index (χ0n) is 9.40. The van der Waals surface area contributed by atoms with Crippen LogP contribution >= 0.6 is 23.2 Å². The lowest BCUT2D eigenvalue weighted by atomic mass is 10.1. The molecule has 0 aliphatic carbocycles. The van der Waals surface area contributed by atoms with Gasteiger partial charge in [0.25, 0.3) is 0 Å². The van der Waals surface area contributed by atoms with Crippen molar-refractivity contribution in [2.45, 2.75) is 6.04 Å². The maximum atomic E-state index is 8.74. The Bertz CT molecular complexity index is 470. The smallest absolute Gasteiger partial charge is 0.192 e. The van der Waals surface area contributed by atoms with Gasteiger partial charge >= 0.3 is 0 Å². The molecule has 1 aromatic carbocycles. The van der Waals surface area contributed by atoms with Crippen molar-refractivity contribution in [2.24, 2.45) is 10.1 Å². The van der Waals surface area contributed by atoms with E-state index in [2.05, 4.69) is 20.8 Å². The highest BCUT2D eigenvalue weighted by molar-refractivity contribution is 6.36. The maximum Gasteiger partial charge on any atom is 0.192 e. The van der Waals surface area contributed by atoms with Crippen molar-refractivity contribution in [1.82, 2.24) is 10.6 Å². The highest BCUT2D eigenvalue weighted by atomic mass is 35.5. The van der Waals surface area contributed by atoms with Crippen LogP contribution in [0.25, 0.3) is 0 Å². The van der Waals surface area contributed by atoms with Crippen molar-refractivity contribution in [3.05, 3.63) is 33.8 Å². The standard InChI is InChI=1S/C11H12Cl2N4O/c12-7-2-1-3-8(13)10(7)9(6-16-18)17-11-14-4-5-15-11/h1-3,6,9,18H,4-5H2,(H2,14,15,17). The van der Waals surface area contributed by atoms with E-state index < -0.39 is 6.04 Å². The van der Waals surface area contributed by atoms with Gasteiger partial charge in [-0.1, -0.05) is 34.4 Å². The van der Waals surface area contributed by atoms with Gasteiger partial charge in [0.05, 0.1) is 18.8 Å². The summed E-state index contributed by atoms with van der Waals surface area (Å²) in [5, 5.41) is 18.9. The number of halogens is 2. The third-order valence-corrected chi connectivity index (χ3v) is 3.15. The molecule has 1 atom stereocenters. The van der Waals surface area contributed by atoms with Crippen LogP contribution in [0, 0.1) is 0 Å². The van der Waals surface area contributed by atoms with E-state index in [0.717, 1.165) is 6.54 Å². The van der Waals surface area contributed by atoms with Gasteiger partial charge in [-0.25, -0.2) is 0 Å². The third-order valence-electron chi connectivity index (χ3n) is 2.49. The summed E-state index contributed by atoms with van der Waals surface area (Å²) in [4.78, 5) is 4.21. The molecule has 0 amide bonds. The molecule has 96 valence electrons. The Morgan fingerprint density at radius 2 is 2.17 bits per heavy atom. The molecule has 1 aromatic rings. The van der Waals surface area contributed by atoms with Crippen LogP contribution in [0.4, 0.5) is 0 Å². The first-order chi connectivity index (χ1) is 8.72. The molecule has 1 aliphatic rings. The molecule has 1 heterocycles. The Morgan fingerprint density at radius 3 is 2.72 bits per heavy atom. The molecule has 2 rings (SSSR count). The zero-order valence-corrected chi connectivity index (χ0v) is 10.9. The Morgan fingerprint density at radius 1 is 1.44 bits per heavy atom. The van der Waals surface area contributed by atoms with E-state index in [1.165, 1.54) is 6.21 Å². The molecule has 0 saturated carbocycles. The molecule has 0 radical (unpaired) electrons. The summed E-state index contributed by atoms with van der Waals surface area (Å²) in [5.74, 6) is 0.635. The van der Waals surface area contributed by atoms with Crippen molar-refractivity contribution >= 4 is 35.4 Å². The fourth-order valence-corrected chi connectivity index (χ4v) is 2.33. The van der Waals surface area contributed by atoms with Crippen LogP contribution in [-0.4, -0.2) is 30.5 Å². The van der Waals surface area contributed by atoms with Crippen LogP contribution in [0.5, 0.6) is 0 Å². The summed E-state index contributed by atoms with van der Waals surface area (Å²) in [6.07, 6.45) is 1.32. The number of rotatable bonds is 3. The van der Waals surface area contributed by atoms with E-state index >= 15 is 0 Å². The molecule has 0 aromatic heterocycles. The largest absolute Gasteiger partial charge is 0.411 e. The van der Waals surface area contributed by atoms with E-state index in [0.29, 0.717) is 28.1 Å². The van der Waals surface area contributed by atoms with E-state index in [4.69, 9.17) is 28.4 Å². The minimum absolute atomic E-state index is 0.444. The van der Waals surface area contributed by atoms with Gasteiger partial charge in [0.2, 0.25) is 0 Å². The lowest BCUT2D eigenvalue weighted by Gasteiger charge is -2.18. The van der Waals surface area contributed by atoms with Crippen LogP contribution in [0.15, 0.2) is 28.3 Å². The van der Waals surface area contributed by atoms with Crippen molar-refractivity contribution in [3.63, 3.8) is 0 Å². The summed E-state index contributed by atoms with van der Waals surface area (Å²) in [6.45, 7) is 1.49. The highest BCUT2D eigenvalue weighted by Crippen LogP contribution is 2.29. The molecule has 0 spiro atoms. The third kappa shape index (κ3) is 2.86. The quantitative estimate of drug-likeness (QED) is 0.453. The van der Waals surface area contributed by atoms with Crippen LogP contribution < -0.4 is 10.6 Å². The summed E-state index contributed by atoms with van der Waals surface area (Å²) < 4.78 is 0. The van der Waals surface area contributed by atoms with Gasteiger partial charge in [-0.2, -0.15) is 0 Å². The Kier molecular flexibility index (Phi) is 4.28. The molecule has 0 bridgehead atoms. The molecular formula is C11H12Cl2N4O. The minimum atomic E-state index is -0.444. The number of hydrogen-bond donors (Lipinski definition) is 3. The highest BCUT2D eigenvalue weighted by Gasteiger charge is 2.19. The second-order valence-electron chi connectivity index (χ2n) is 3.68. The first-order valence-corrected chi connectivity index (χ1v) is 6.14. The van der Waals surface area contributed by atoms with Crippen molar-refractivity contribution < 1.29 is 5.21 Å². The average molecular weight is 287 g/mol. The lowest BCUT2D eigenvalue weighted by molar-refractivity contribution is 0.319. The Labute approximate surface area is 114 Å². The molecule has 5 nitrogen and oxygen atoms in total. The van der Waals surface area contributed by atoms with Gasteiger partial charge in [-0.15, -0.1) is 0 Å². The average Bonchev–Trinajstić information content (AvgIpc) is 2.82. The molecule has 1 aliphatic heterocycles. The normalized spacial score (nSPS) is 16.4. The van der Waals surface area contributed by atoms with E-state index in [9.17, 15) is 0 Å². The second-order valence-corrected chi connectivity index (χ2v) is 4.49. The van der Waals surface area contributed by atoms with Gasteiger partial charge in [0.15, 0.2) is 5.96 Å². The predicted octanol–water partition coefficient (Wildman–Crippen LogP) is 2.04. The lowest BCUT2D eigenvalue weighted by Crippen LogP contribution is -2.37. The van der Waals surface area contributed by atoms with Crippen molar-refractivity contribution in [1.29, 1.82) is 0 Å². The van der Waals surface area contributed by atoms with E-state index in [-0.39, 0.29) is 0 Å². The number of nitrogens with one attached hydrogen (secondary N) is 2. The number of hydrogen-bond acceptors (Lipinski definition) is 5. The monoisotopic (exact) mass is 286 g/mol. The summed E-state index contributed by atoms with van der Waals surface area (Å²) in [5.41, 5.74) is 0.648. The number of aliphatic imine (C=N–C) groups is 1. The van der Waals surface area contributed by atoms with Gasteiger partial charge in [-0.05, 0) is 12.1 Å². The Balaban J connectivity index is 2.29. The van der Waals surface area contributed by atoms with Crippen LogP contribution in [-0.2, 0) is 0 Å². The SMILES string of the molecule is ON=CC(NC1=NCCN1)c1c(Cl)cccc1Cl. The fraction of sp³-hybridized carbons (Fsp3) is 0.273. The summed E-state index contributed by atoms with van der Waals surface area (Å²) in [6, 6.07) is 4.77. The second kappa shape index (κ2) is 5.93. The number of oxime groups is 1. The van der Waals surface area contributed by atoms with Gasteiger partial charge in [-0.3, -0.25) is 4.99 Å². The van der Waals surface area contributed by atoms with E-state index in [1.54, 1.807) is 18.2 Å². The maximum absolute atomic E-state index is 8.74. The number of nitrogens with zero attached hydrogens (tertiary/aromatic N) is 2. The fourth-order valence-electron chi connectivity index (χ4n) is 1.70. The Hall–Kier alpha value is -1.46. The predicted molar refractivity (Wildman–Crippen MR) is 72.9 cm³/mol. The summed E-state index contributed by atoms with van der Waals surface area (Å²) in [7, 11) is 0.